The highest BCUT2D eigenvalue weighted by molar-refractivity contribution is 5.02. The summed E-state index contributed by atoms with van der Waals surface area (Å²) in [5.74, 6) is 0.883. The molecule has 0 aromatic rings. The van der Waals surface area contributed by atoms with Crippen molar-refractivity contribution in [1.82, 2.24) is 21.3 Å². The monoisotopic (exact) mass is 306 g/mol. The van der Waals surface area contributed by atoms with E-state index in [1.807, 2.05) is 0 Å². The van der Waals surface area contributed by atoms with Crippen molar-refractivity contribution in [2.45, 2.75) is 62.9 Å². The third-order valence-electron chi connectivity index (χ3n) is 7.09. The molecule has 4 aliphatic heterocycles. The van der Waals surface area contributed by atoms with Crippen molar-refractivity contribution in [3.05, 3.63) is 0 Å². The molecule has 0 bridgehead atoms. The van der Waals surface area contributed by atoms with Crippen molar-refractivity contribution in [3.63, 3.8) is 0 Å². The highest BCUT2D eigenvalue weighted by atomic mass is 15.1. The summed E-state index contributed by atoms with van der Waals surface area (Å²) in [6.07, 6.45) is 11.1. The topological polar surface area (TPSA) is 48.1 Å². The Balaban J connectivity index is 1.42. The molecule has 0 saturated carbocycles. The first-order valence-electron chi connectivity index (χ1n) is 9.69. The van der Waals surface area contributed by atoms with Crippen LogP contribution in [0, 0.1) is 11.3 Å². The molecule has 3 atom stereocenters. The SMILES string of the molecule is C1CNCC2(C1)CC(C1CC3(CCNCC3)CCN1)CCN2. The molecule has 4 N–H and O–H groups in total. The molecule has 22 heavy (non-hydrogen) atoms. The second-order valence-corrected chi connectivity index (χ2v) is 8.51. The van der Waals surface area contributed by atoms with E-state index in [1.165, 1.54) is 90.6 Å². The summed E-state index contributed by atoms with van der Waals surface area (Å²) in [6, 6.07) is 0.771. The molecule has 3 unspecified atom stereocenters. The van der Waals surface area contributed by atoms with E-state index < -0.39 is 0 Å². The Morgan fingerprint density at radius 3 is 2.45 bits per heavy atom. The zero-order valence-electron chi connectivity index (χ0n) is 14.1. The first-order valence-corrected chi connectivity index (χ1v) is 9.69. The average Bonchev–Trinajstić information content (AvgIpc) is 2.56. The third kappa shape index (κ3) is 3.08. The molecule has 0 amide bonds. The maximum Gasteiger partial charge on any atom is 0.0309 e. The molecule has 4 rings (SSSR count). The molecule has 126 valence electrons. The maximum absolute atomic E-state index is 3.91. The van der Waals surface area contributed by atoms with Gasteiger partial charge in [-0.2, -0.15) is 0 Å². The maximum atomic E-state index is 3.91. The summed E-state index contributed by atoms with van der Waals surface area (Å²) in [6.45, 7) is 7.36. The van der Waals surface area contributed by atoms with Gasteiger partial charge in [0, 0.05) is 18.1 Å². The van der Waals surface area contributed by atoms with Gasteiger partial charge in [-0.1, -0.05) is 0 Å². The van der Waals surface area contributed by atoms with Crippen LogP contribution in [-0.4, -0.2) is 50.8 Å². The van der Waals surface area contributed by atoms with Crippen molar-refractivity contribution in [3.8, 4) is 0 Å². The molecule has 4 nitrogen and oxygen atoms in total. The van der Waals surface area contributed by atoms with Crippen LogP contribution in [0.3, 0.4) is 0 Å². The van der Waals surface area contributed by atoms with Gasteiger partial charge in [-0.05, 0) is 95.4 Å². The lowest BCUT2D eigenvalue weighted by atomic mass is 9.65. The van der Waals surface area contributed by atoms with E-state index in [0.29, 0.717) is 11.0 Å². The first kappa shape index (κ1) is 15.4. The van der Waals surface area contributed by atoms with Gasteiger partial charge in [0.1, 0.15) is 0 Å². The minimum Gasteiger partial charge on any atom is -0.317 e. The van der Waals surface area contributed by atoms with Gasteiger partial charge < -0.3 is 21.3 Å². The molecule has 4 heterocycles. The number of hydrogen-bond donors (Lipinski definition) is 4. The van der Waals surface area contributed by atoms with E-state index in [1.54, 1.807) is 0 Å². The predicted octanol–water partition coefficient (Wildman–Crippen LogP) is 1.23. The second-order valence-electron chi connectivity index (χ2n) is 8.51. The normalized spacial score (nSPS) is 42.5. The van der Waals surface area contributed by atoms with Crippen molar-refractivity contribution in [2.75, 3.05) is 39.3 Å². The summed E-state index contributed by atoms with van der Waals surface area (Å²) in [5.41, 5.74) is 1.06. The lowest BCUT2D eigenvalue weighted by Gasteiger charge is -2.51. The molecule has 4 aliphatic rings. The summed E-state index contributed by atoms with van der Waals surface area (Å²) in [5, 5.41) is 15.0. The molecule has 0 aliphatic carbocycles. The summed E-state index contributed by atoms with van der Waals surface area (Å²) in [7, 11) is 0. The molecule has 4 fully saturated rings. The molecule has 4 saturated heterocycles. The zero-order valence-corrected chi connectivity index (χ0v) is 14.1. The quantitative estimate of drug-likeness (QED) is 0.589. The van der Waals surface area contributed by atoms with Crippen molar-refractivity contribution >= 4 is 0 Å². The van der Waals surface area contributed by atoms with Crippen LogP contribution >= 0.6 is 0 Å². The van der Waals surface area contributed by atoms with Crippen LogP contribution in [0.5, 0.6) is 0 Å². The number of piperidine rings is 4. The van der Waals surface area contributed by atoms with Crippen molar-refractivity contribution in [1.29, 1.82) is 0 Å². The van der Waals surface area contributed by atoms with Crippen LogP contribution in [0.15, 0.2) is 0 Å². The van der Waals surface area contributed by atoms with Gasteiger partial charge >= 0.3 is 0 Å². The lowest BCUT2D eigenvalue weighted by Crippen LogP contribution is -2.62. The van der Waals surface area contributed by atoms with Gasteiger partial charge in [0.15, 0.2) is 0 Å². The zero-order chi connectivity index (χ0) is 14.9. The van der Waals surface area contributed by atoms with Gasteiger partial charge in [-0.3, -0.25) is 0 Å². The molecular formula is C18H34N4. The van der Waals surface area contributed by atoms with E-state index in [0.717, 1.165) is 12.0 Å². The summed E-state index contributed by atoms with van der Waals surface area (Å²) < 4.78 is 0. The molecular weight excluding hydrogens is 272 g/mol. The number of rotatable bonds is 1. The first-order chi connectivity index (χ1) is 10.8. The fourth-order valence-electron chi connectivity index (χ4n) is 5.74. The van der Waals surface area contributed by atoms with Crippen LogP contribution < -0.4 is 21.3 Å². The van der Waals surface area contributed by atoms with Gasteiger partial charge in [0.2, 0.25) is 0 Å². The van der Waals surface area contributed by atoms with E-state index in [4.69, 9.17) is 0 Å². The Morgan fingerprint density at radius 2 is 1.64 bits per heavy atom. The highest BCUT2D eigenvalue weighted by Gasteiger charge is 2.44. The van der Waals surface area contributed by atoms with Crippen LogP contribution in [0.1, 0.15) is 51.4 Å². The van der Waals surface area contributed by atoms with E-state index in [9.17, 15) is 0 Å². The minimum atomic E-state index is 0.404. The predicted molar refractivity (Wildman–Crippen MR) is 91.1 cm³/mol. The van der Waals surface area contributed by atoms with Crippen molar-refractivity contribution in [2.24, 2.45) is 11.3 Å². The Morgan fingerprint density at radius 1 is 0.773 bits per heavy atom. The molecule has 0 aromatic carbocycles. The van der Waals surface area contributed by atoms with E-state index in [2.05, 4.69) is 21.3 Å². The van der Waals surface area contributed by atoms with Crippen LogP contribution in [0.25, 0.3) is 0 Å². The van der Waals surface area contributed by atoms with Crippen molar-refractivity contribution < 1.29 is 0 Å². The van der Waals surface area contributed by atoms with E-state index in [-0.39, 0.29) is 0 Å². The van der Waals surface area contributed by atoms with Gasteiger partial charge in [-0.25, -0.2) is 0 Å². The highest BCUT2D eigenvalue weighted by Crippen LogP contribution is 2.43. The fourth-order valence-corrected chi connectivity index (χ4v) is 5.74. The standard InChI is InChI=1S/C18H34N4/c1-3-18(14-20-7-1)12-15(2-8-22-18)16-13-17(6-11-21-16)4-9-19-10-5-17/h15-16,19-22H,1-14H2. The molecule has 0 radical (unpaired) electrons. The summed E-state index contributed by atoms with van der Waals surface area (Å²) >= 11 is 0. The Bertz CT molecular complexity index is 324. The van der Waals surface area contributed by atoms with Gasteiger partial charge in [-0.15, -0.1) is 0 Å². The summed E-state index contributed by atoms with van der Waals surface area (Å²) in [4.78, 5) is 0. The Hall–Kier alpha value is -0.160. The minimum absolute atomic E-state index is 0.404. The smallest absolute Gasteiger partial charge is 0.0309 e. The largest absolute Gasteiger partial charge is 0.317 e. The Kier molecular flexibility index (Phi) is 4.46. The molecule has 4 heteroatoms. The molecule has 0 aromatic heterocycles. The number of nitrogens with one attached hydrogen (secondary N) is 4. The molecule has 2 spiro atoms. The second kappa shape index (κ2) is 6.39. The Labute approximate surface area is 135 Å². The van der Waals surface area contributed by atoms with Crippen LogP contribution in [0.4, 0.5) is 0 Å². The van der Waals surface area contributed by atoms with Crippen LogP contribution in [-0.2, 0) is 0 Å². The third-order valence-corrected chi connectivity index (χ3v) is 7.09. The van der Waals surface area contributed by atoms with Gasteiger partial charge in [0.25, 0.3) is 0 Å². The van der Waals surface area contributed by atoms with Gasteiger partial charge in [0.05, 0.1) is 0 Å². The number of hydrogen-bond acceptors (Lipinski definition) is 4. The van der Waals surface area contributed by atoms with Crippen LogP contribution in [0.2, 0.25) is 0 Å². The lowest BCUT2D eigenvalue weighted by molar-refractivity contribution is 0.0629. The average molecular weight is 306 g/mol. The fraction of sp³-hybridized carbons (Fsp3) is 1.00. The van der Waals surface area contributed by atoms with E-state index >= 15 is 0 Å².